The molecule has 2 fully saturated rings. The van der Waals surface area contributed by atoms with E-state index >= 15 is 17.6 Å². The number of para-hydroxylation sites is 1. The third-order valence-corrected chi connectivity index (χ3v) is 15.2. The maximum atomic E-state index is 15.6. The highest BCUT2D eigenvalue weighted by molar-refractivity contribution is 5.86. The Bertz CT molecular complexity index is 2910. The predicted molar refractivity (Wildman–Crippen MR) is 264 cm³/mol. The number of nitrogens with zero attached hydrogens (tertiary/aromatic N) is 4. The van der Waals surface area contributed by atoms with Gasteiger partial charge in [-0.2, -0.15) is 0 Å². The van der Waals surface area contributed by atoms with Crippen LogP contribution in [0.4, 0.5) is 43.9 Å². The summed E-state index contributed by atoms with van der Waals surface area (Å²) >= 11 is 0. The summed E-state index contributed by atoms with van der Waals surface area (Å²) in [4.78, 5) is 13.1. The van der Waals surface area contributed by atoms with E-state index in [4.69, 9.17) is 9.47 Å². The lowest BCUT2D eigenvalue weighted by Crippen LogP contribution is -2.49. The summed E-state index contributed by atoms with van der Waals surface area (Å²) in [6.45, 7) is 5.44. The van der Waals surface area contributed by atoms with Crippen molar-refractivity contribution in [2.24, 2.45) is 11.8 Å². The van der Waals surface area contributed by atoms with Gasteiger partial charge in [0.25, 0.3) is 11.8 Å². The first kappa shape index (κ1) is 54.4. The van der Waals surface area contributed by atoms with E-state index in [0.29, 0.717) is 66.4 Å². The van der Waals surface area contributed by atoms with Crippen molar-refractivity contribution in [3.63, 3.8) is 0 Å². The molecule has 2 saturated heterocycles. The smallest absolute Gasteiger partial charge is 0.283 e. The Morgan fingerprint density at radius 1 is 0.600 bits per heavy atom. The Kier molecular flexibility index (Phi) is 16.2. The number of nitrogens with one attached hydrogen (secondary N) is 2. The van der Waals surface area contributed by atoms with Crippen molar-refractivity contribution in [3.8, 4) is 11.5 Å². The number of hydrogen-bond acceptors (Lipinski definition) is 8. The fourth-order valence-corrected chi connectivity index (χ4v) is 11.3. The summed E-state index contributed by atoms with van der Waals surface area (Å²) in [5.74, 6) is -10.4. The molecular weight excluding hydrogens is 999 g/mol. The van der Waals surface area contributed by atoms with Crippen LogP contribution < -0.4 is 9.47 Å². The average Bonchev–Trinajstić information content (AvgIpc) is 3.91. The molecule has 406 valence electrons. The summed E-state index contributed by atoms with van der Waals surface area (Å²) < 4.78 is 158. The number of benzene rings is 4. The van der Waals surface area contributed by atoms with Crippen molar-refractivity contribution in [1.29, 1.82) is 0 Å². The minimum absolute atomic E-state index is 0.00530. The maximum Gasteiger partial charge on any atom is 0.283 e. The Morgan fingerprint density at radius 3 is 1.49 bits per heavy atom. The third kappa shape index (κ3) is 11.5. The molecule has 0 spiro atoms. The quantitative estimate of drug-likeness (QED) is 0.0632. The molecule has 6 heterocycles. The molecule has 0 aliphatic carbocycles. The van der Waals surface area contributed by atoms with E-state index in [9.17, 15) is 36.6 Å². The number of halogens is 10. The molecule has 0 bridgehead atoms. The van der Waals surface area contributed by atoms with Crippen LogP contribution in [-0.4, -0.2) is 149 Å². The summed E-state index contributed by atoms with van der Waals surface area (Å²) in [5, 5.41) is 19.9. The molecule has 6 aromatic rings. The molecule has 10 rings (SSSR count). The van der Waals surface area contributed by atoms with E-state index in [2.05, 4.69) is 21.8 Å². The summed E-state index contributed by atoms with van der Waals surface area (Å²) in [5.41, 5.74) is 2.78. The van der Waals surface area contributed by atoms with Crippen LogP contribution >= 0.6 is 0 Å². The topological polar surface area (TPSA) is 103 Å². The molecule has 0 radical (unpaired) electrons. The fourth-order valence-electron chi connectivity index (χ4n) is 11.3. The van der Waals surface area contributed by atoms with Gasteiger partial charge in [-0.15, -0.1) is 0 Å². The van der Waals surface area contributed by atoms with Crippen LogP contribution in [0.25, 0.3) is 21.8 Å². The van der Waals surface area contributed by atoms with Crippen LogP contribution in [0.2, 0.25) is 0 Å². The molecule has 20 heteroatoms. The highest BCUT2D eigenvalue weighted by Crippen LogP contribution is 2.46. The molecule has 10 nitrogen and oxygen atoms in total. The zero-order valence-electron chi connectivity index (χ0n) is 41.9. The Balaban J connectivity index is 0.000000184. The van der Waals surface area contributed by atoms with E-state index < -0.39 is 97.0 Å². The molecule has 0 amide bonds. The lowest BCUT2D eigenvalue weighted by atomic mass is 9.87. The first-order valence-corrected chi connectivity index (χ1v) is 25.4. The molecule has 0 saturated carbocycles. The van der Waals surface area contributed by atoms with Gasteiger partial charge in [0, 0.05) is 126 Å². The van der Waals surface area contributed by atoms with Gasteiger partial charge < -0.3 is 29.7 Å². The molecule has 2 aromatic heterocycles. The lowest BCUT2D eigenvalue weighted by molar-refractivity contribution is -0.0870. The standard InChI is InChI=1S/C28H32F5N3O2.C27H30F5N3O2/c1-3-17-12-35(13-17)6-7-38-19-10-22(30)25(23(31)11-19)27-26-21(20-9-18(29)4-5-24(20)34-26)8-16(2)36(27)14-28(32,33)15-37;1-16-8-20-19-4-2-3-5-23(19)33-25(20)26(35(16)14-27(31,32)15-36)24-21(29)9-18(10-22(24)30)37-7-6-34-12-17(11-28)13-34/h4-5,9-11,16-17,27,34,37H,3,6-8,12-15H2,1-2H3;2-5,9-10,16-17,26,33,36H,6-8,11-15H2,1H3/t16-,27-;16-,26-/m11/s1. The molecule has 4 aromatic carbocycles. The highest BCUT2D eigenvalue weighted by Gasteiger charge is 2.45. The zero-order valence-corrected chi connectivity index (χ0v) is 41.9. The van der Waals surface area contributed by atoms with Crippen LogP contribution in [0.15, 0.2) is 66.7 Å². The van der Waals surface area contributed by atoms with Crippen molar-refractivity contribution in [1.82, 2.24) is 29.6 Å². The first-order chi connectivity index (χ1) is 35.8. The number of hydrogen-bond donors (Lipinski definition) is 4. The third-order valence-electron chi connectivity index (χ3n) is 15.2. The van der Waals surface area contributed by atoms with E-state index in [0.717, 1.165) is 60.2 Å². The van der Waals surface area contributed by atoms with E-state index in [-0.39, 0.29) is 49.3 Å². The maximum absolute atomic E-state index is 15.6. The second-order valence-corrected chi connectivity index (χ2v) is 20.7. The summed E-state index contributed by atoms with van der Waals surface area (Å²) in [6, 6.07) is 12.3. The number of aromatic nitrogens is 2. The number of rotatable bonds is 18. The second kappa shape index (κ2) is 22.3. The largest absolute Gasteiger partial charge is 0.492 e. The van der Waals surface area contributed by atoms with Crippen molar-refractivity contribution < 1.29 is 63.6 Å². The zero-order chi connectivity index (χ0) is 53.5. The normalized spacial score (nSPS) is 21.2. The molecule has 4 aliphatic heterocycles. The van der Waals surface area contributed by atoms with Crippen LogP contribution in [-0.2, 0) is 12.8 Å². The van der Waals surface area contributed by atoms with Crippen molar-refractivity contribution in [2.45, 2.75) is 76.0 Å². The number of aliphatic hydroxyl groups excluding tert-OH is 2. The Hall–Kier alpha value is -5.38. The molecule has 0 unspecified atom stereocenters. The summed E-state index contributed by atoms with van der Waals surface area (Å²) in [6.07, 6.45) is 1.78. The molecule has 4 N–H and O–H groups in total. The average molecular weight is 1060 g/mol. The second-order valence-electron chi connectivity index (χ2n) is 20.7. The molecule has 4 aliphatic rings. The van der Waals surface area contributed by atoms with Crippen molar-refractivity contribution in [3.05, 3.63) is 129 Å². The van der Waals surface area contributed by atoms with E-state index in [1.54, 1.807) is 13.8 Å². The summed E-state index contributed by atoms with van der Waals surface area (Å²) in [7, 11) is 0. The van der Waals surface area contributed by atoms with Gasteiger partial charge in [0.1, 0.15) is 67.0 Å². The van der Waals surface area contributed by atoms with Crippen LogP contribution in [0, 0.1) is 40.9 Å². The fraction of sp³-hybridized carbons (Fsp3) is 0.491. The number of alkyl halides is 5. The van der Waals surface area contributed by atoms with Gasteiger partial charge in [0.05, 0.1) is 31.8 Å². The highest BCUT2D eigenvalue weighted by atomic mass is 19.3. The van der Waals surface area contributed by atoms with Gasteiger partial charge in [-0.1, -0.05) is 31.5 Å². The van der Waals surface area contributed by atoms with Crippen LogP contribution in [0.5, 0.6) is 11.5 Å². The Labute approximate surface area is 428 Å². The lowest BCUT2D eigenvalue weighted by Gasteiger charge is -2.42. The van der Waals surface area contributed by atoms with Crippen molar-refractivity contribution >= 4 is 21.8 Å². The first-order valence-electron chi connectivity index (χ1n) is 25.4. The van der Waals surface area contributed by atoms with E-state index in [1.807, 2.05) is 29.2 Å². The van der Waals surface area contributed by atoms with Gasteiger partial charge in [-0.05, 0) is 68.0 Å². The number of aliphatic hydroxyl groups is 2. The van der Waals surface area contributed by atoms with Gasteiger partial charge >= 0.3 is 0 Å². The number of aromatic amines is 2. The minimum atomic E-state index is -3.49. The number of ether oxygens (including phenoxy) is 2. The van der Waals surface area contributed by atoms with Crippen LogP contribution in [0.1, 0.15) is 72.9 Å². The minimum Gasteiger partial charge on any atom is -0.492 e. The number of likely N-dealkylation sites (tertiary alicyclic amines) is 2. The van der Waals surface area contributed by atoms with Crippen molar-refractivity contribution in [2.75, 3.05) is 85.5 Å². The monoisotopic (exact) mass is 1060 g/mol. The number of H-pyrrole nitrogens is 2. The molecule has 4 atom stereocenters. The SMILES string of the molecule is CCC1CN(CCOc2cc(F)c([C@@H]3c4[nH]c5ccc(F)cc5c4C[C@@H](C)N3CC(F)(F)CO)c(F)c2)C1.C[C@@H]1Cc2c([nH]c3ccccc23)[C@@H](c2c(F)cc(OCCN3CC(CF)C3)cc2F)N1CC(F)(F)CO. The van der Waals surface area contributed by atoms with Gasteiger partial charge in [-0.25, -0.2) is 39.5 Å². The van der Waals surface area contributed by atoms with E-state index in [1.165, 1.54) is 28.0 Å². The van der Waals surface area contributed by atoms with Gasteiger partial charge in [-0.3, -0.25) is 24.0 Å². The van der Waals surface area contributed by atoms with Crippen LogP contribution in [0.3, 0.4) is 0 Å². The number of fused-ring (bicyclic) bond motifs is 6. The predicted octanol–water partition coefficient (Wildman–Crippen LogP) is 9.96. The molecular formula is C55H62F10N6O4. The Morgan fingerprint density at radius 2 is 1.04 bits per heavy atom. The van der Waals surface area contributed by atoms with Gasteiger partial charge in [0.15, 0.2) is 0 Å². The van der Waals surface area contributed by atoms with Gasteiger partial charge in [0.2, 0.25) is 0 Å². The molecule has 75 heavy (non-hydrogen) atoms.